The summed E-state index contributed by atoms with van der Waals surface area (Å²) in [6, 6.07) is 5.23. The lowest BCUT2D eigenvalue weighted by Crippen LogP contribution is -2.21. The van der Waals surface area contributed by atoms with Crippen LogP contribution in [-0.4, -0.2) is 27.4 Å². The second kappa shape index (κ2) is 6.17. The molecule has 0 aliphatic rings. The summed E-state index contributed by atoms with van der Waals surface area (Å²) < 4.78 is 26.5. The van der Waals surface area contributed by atoms with Gasteiger partial charge in [0.05, 0.1) is 18.1 Å². The van der Waals surface area contributed by atoms with Crippen molar-refractivity contribution in [1.29, 1.82) is 0 Å². The number of anilines is 1. The maximum Gasteiger partial charge on any atom is 0.332 e. The smallest absolute Gasteiger partial charge is 0.332 e. The molecule has 108 valence electrons. The number of ether oxygens (including phenoxy) is 1. The lowest BCUT2D eigenvalue weighted by molar-refractivity contribution is -0.135. The van der Waals surface area contributed by atoms with Gasteiger partial charge in [0.15, 0.2) is 0 Å². The molecule has 0 atom stereocenters. The predicted molar refractivity (Wildman–Crippen MR) is 70.7 cm³/mol. The largest absolute Gasteiger partial charge is 0.466 e. The van der Waals surface area contributed by atoms with Crippen LogP contribution in [0.1, 0.15) is 0 Å². The van der Waals surface area contributed by atoms with Crippen molar-refractivity contribution in [2.24, 2.45) is 10.9 Å². The first kappa shape index (κ1) is 15.7. The van der Waals surface area contributed by atoms with Gasteiger partial charge in [-0.25, -0.2) is 18.4 Å². The Morgan fingerprint density at radius 3 is 2.20 bits per heavy atom. The molecule has 1 amide bonds. The van der Waals surface area contributed by atoms with Crippen LogP contribution in [-0.2, 0) is 24.3 Å². The Hall–Kier alpha value is -2.39. The second-order valence-electron chi connectivity index (χ2n) is 3.64. The van der Waals surface area contributed by atoms with E-state index in [2.05, 4.69) is 10.1 Å². The molecule has 20 heavy (non-hydrogen) atoms. The van der Waals surface area contributed by atoms with Crippen molar-refractivity contribution in [3.8, 4) is 0 Å². The van der Waals surface area contributed by atoms with Gasteiger partial charge in [0.1, 0.15) is 5.70 Å². The fourth-order valence-electron chi connectivity index (χ4n) is 1.23. The number of esters is 1. The monoisotopic (exact) mass is 299 g/mol. The summed E-state index contributed by atoms with van der Waals surface area (Å²) in [6.07, 6.45) is 0.885. The lowest BCUT2D eigenvalue weighted by Gasteiger charge is -2.08. The topological polar surface area (TPSA) is 142 Å². The van der Waals surface area contributed by atoms with Gasteiger partial charge in [0.2, 0.25) is 10.0 Å². The number of hydrogen-bond donors (Lipinski definition) is 3. The molecule has 0 aliphatic carbocycles. The normalized spacial score (nSPS) is 11.8. The number of primary amides is 1. The van der Waals surface area contributed by atoms with E-state index in [9.17, 15) is 18.0 Å². The quantitative estimate of drug-likeness (QED) is 0.484. The Kier molecular flexibility index (Phi) is 4.83. The molecule has 1 aromatic carbocycles. The Labute approximate surface area is 115 Å². The summed E-state index contributed by atoms with van der Waals surface area (Å²) in [6.45, 7) is 0. The first-order valence-electron chi connectivity index (χ1n) is 5.23. The molecule has 0 saturated heterocycles. The van der Waals surface area contributed by atoms with Crippen molar-refractivity contribution >= 4 is 27.6 Å². The summed E-state index contributed by atoms with van der Waals surface area (Å²) in [5.74, 6) is -1.63. The highest BCUT2D eigenvalue weighted by Gasteiger charge is 2.10. The molecule has 0 aromatic heterocycles. The fourth-order valence-corrected chi connectivity index (χ4v) is 1.74. The standard InChI is InChI=1S/C11H13N3O5S/c1-19-10(15)6-9(11(12)16)14-7-2-4-8(5-3-7)20(13,17)18/h2-6,14H,1H3,(H2,12,16)(H2,13,17,18)/b9-6+. The lowest BCUT2D eigenvalue weighted by atomic mass is 10.3. The third-order valence-corrected chi connectivity index (χ3v) is 3.12. The van der Waals surface area contributed by atoms with E-state index in [4.69, 9.17) is 10.9 Å². The molecular weight excluding hydrogens is 286 g/mol. The third kappa shape index (κ3) is 4.37. The summed E-state index contributed by atoms with van der Waals surface area (Å²) >= 11 is 0. The van der Waals surface area contributed by atoms with E-state index in [0.29, 0.717) is 5.69 Å². The van der Waals surface area contributed by atoms with Crippen LogP contribution in [0.3, 0.4) is 0 Å². The van der Waals surface area contributed by atoms with E-state index in [1.807, 2.05) is 0 Å². The van der Waals surface area contributed by atoms with Gasteiger partial charge in [0, 0.05) is 5.69 Å². The zero-order chi connectivity index (χ0) is 15.3. The molecule has 1 rings (SSSR count). The second-order valence-corrected chi connectivity index (χ2v) is 5.20. The molecule has 0 fully saturated rings. The number of benzene rings is 1. The van der Waals surface area contributed by atoms with Crippen molar-refractivity contribution in [1.82, 2.24) is 0 Å². The minimum Gasteiger partial charge on any atom is -0.466 e. The molecule has 8 nitrogen and oxygen atoms in total. The van der Waals surface area contributed by atoms with Gasteiger partial charge in [-0.05, 0) is 24.3 Å². The highest BCUT2D eigenvalue weighted by molar-refractivity contribution is 7.89. The van der Waals surface area contributed by atoms with Crippen LogP contribution in [0.15, 0.2) is 40.9 Å². The van der Waals surface area contributed by atoms with Crippen molar-refractivity contribution in [2.75, 3.05) is 12.4 Å². The number of primary sulfonamides is 1. The van der Waals surface area contributed by atoms with Gasteiger partial charge in [-0.2, -0.15) is 0 Å². The highest BCUT2D eigenvalue weighted by atomic mass is 32.2. The van der Waals surface area contributed by atoms with Gasteiger partial charge in [-0.1, -0.05) is 0 Å². The highest BCUT2D eigenvalue weighted by Crippen LogP contribution is 2.14. The first-order chi connectivity index (χ1) is 9.24. The van der Waals surface area contributed by atoms with Crippen LogP contribution in [0, 0.1) is 0 Å². The van der Waals surface area contributed by atoms with Crippen molar-refractivity contribution in [3.63, 3.8) is 0 Å². The molecule has 0 unspecified atom stereocenters. The van der Waals surface area contributed by atoms with Crippen LogP contribution in [0.4, 0.5) is 5.69 Å². The van der Waals surface area contributed by atoms with Crippen molar-refractivity contribution in [2.45, 2.75) is 4.90 Å². The SMILES string of the molecule is COC(=O)/C=C(/Nc1ccc(S(N)(=O)=O)cc1)C(N)=O. The zero-order valence-corrected chi connectivity index (χ0v) is 11.3. The minimum atomic E-state index is -3.80. The van der Waals surface area contributed by atoms with E-state index in [-0.39, 0.29) is 10.6 Å². The van der Waals surface area contributed by atoms with E-state index in [1.54, 1.807) is 0 Å². The van der Waals surface area contributed by atoms with Gasteiger partial charge < -0.3 is 15.8 Å². The first-order valence-corrected chi connectivity index (χ1v) is 6.78. The summed E-state index contributed by atoms with van der Waals surface area (Å²) in [5.41, 5.74) is 5.25. The van der Waals surface area contributed by atoms with Crippen LogP contribution < -0.4 is 16.2 Å². The van der Waals surface area contributed by atoms with Crippen LogP contribution >= 0.6 is 0 Å². The average molecular weight is 299 g/mol. The molecule has 0 bridgehead atoms. The van der Waals surface area contributed by atoms with Gasteiger partial charge in [-0.15, -0.1) is 0 Å². The number of carbonyl (C=O) groups excluding carboxylic acids is 2. The van der Waals surface area contributed by atoms with Crippen molar-refractivity contribution in [3.05, 3.63) is 36.0 Å². The number of nitrogens with two attached hydrogens (primary N) is 2. The van der Waals surface area contributed by atoms with Crippen molar-refractivity contribution < 1.29 is 22.7 Å². The summed E-state index contributed by atoms with van der Waals surface area (Å²) in [7, 11) is -2.64. The Balaban J connectivity index is 2.99. The number of amides is 1. The molecule has 0 aliphatic heterocycles. The maximum atomic E-state index is 11.1. The molecule has 0 radical (unpaired) electrons. The number of sulfonamides is 1. The van der Waals surface area contributed by atoms with Gasteiger partial charge in [0.25, 0.3) is 5.91 Å². The van der Waals surface area contributed by atoms with Gasteiger partial charge >= 0.3 is 5.97 Å². The molecule has 9 heteroatoms. The molecule has 5 N–H and O–H groups in total. The van der Waals surface area contributed by atoms with E-state index in [1.165, 1.54) is 24.3 Å². The Bertz CT molecular complexity index is 649. The number of methoxy groups -OCH3 is 1. The number of nitrogens with one attached hydrogen (secondary N) is 1. The number of carbonyl (C=O) groups is 2. The van der Waals surface area contributed by atoms with Gasteiger partial charge in [-0.3, -0.25) is 4.79 Å². The molecule has 1 aromatic rings. The fraction of sp³-hybridized carbons (Fsp3) is 0.0909. The number of hydrogen-bond acceptors (Lipinski definition) is 6. The van der Waals surface area contributed by atoms with Crippen LogP contribution in [0.25, 0.3) is 0 Å². The summed E-state index contributed by atoms with van der Waals surface area (Å²) in [4.78, 5) is 22.1. The number of rotatable bonds is 5. The van der Waals surface area contributed by atoms with E-state index in [0.717, 1.165) is 13.2 Å². The van der Waals surface area contributed by atoms with E-state index < -0.39 is 21.9 Å². The average Bonchev–Trinajstić information content (AvgIpc) is 2.37. The Morgan fingerprint density at radius 2 is 1.80 bits per heavy atom. The van der Waals surface area contributed by atoms with Crippen LogP contribution in [0.2, 0.25) is 0 Å². The third-order valence-electron chi connectivity index (χ3n) is 2.19. The molecule has 0 spiro atoms. The Morgan fingerprint density at radius 1 is 1.25 bits per heavy atom. The van der Waals surface area contributed by atoms with E-state index >= 15 is 0 Å². The molecule has 0 saturated carbocycles. The zero-order valence-electron chi connectivity index (χ0n) is 10.5. The summed E-state index contributed by atoms with van der Waals surface area (Å²) in [5, 5.41) is 7.52. The predicted octanol–water partition coefficient (Wildman–Crippen LogP) is -0.712. The molecular formula is C11H13N3O5S. The molecule has 0 heterocycles. The van der Waals surface area contributed by atoms with Crippen LogP contribution in [0.5, 0.6) is 0 Å². The maximum absolute atomic E-state index is 11.1. The minimum absolute atomic E-state index is 0.0828.